The first-order chi connectivity index (χ1) is 15.6. The Morgan fingerprint density at radius 1 is 1.03 bits per heavy atom. The molecule has 2 aliphatic rings. The number of amides is 1. The molecule has 7 heteroatoms. The number of rotatable bonds is 4. The summed E-state index contributed by atoms with van der Waals surface area (Å²) in [4.78, 5) is 15.0. The van der Waals surface area contributed by atoms with Crippen molar-refractivity contribution in [2.75, 3.05) is 13.1 Å². The van der Waals surface area contributed by atoms with E-state index in [9.17, 15) is 13.6 Å². The first kappa shape index (κ1) is 20.8. The monoisotopic (exact) mass is 436 g/mol. The van der Waals surface area contributed by atoms with E-state index in [1.165, 1.54) is 18.1 Å². The lowest BCUT2D eigenvalue weighted by Gasteiger charge is -2.37. The summed E-state index contributed by atoms with van der Waals surface area (Å²) in [5.74, 6) is -1.25. The van der Waals surface area contributed by atoms with Gasteiger partial charge < -0.3 is 9.47 Å². The smallest absolute Gasteiger partial charge is 0.254 e. The fourth-order valence-electron chi connectivity index (χ4n) is 5.49. The second-order valence-electron chi connectivity index (χ2n) is 9.09. The lowest BCUT2D eigenvalue weighted by atomic mass is 9.67. The third-order valence-electron chi connectivity index (χ3n) is 7.10. The highest BCUT2D eigenvalue weighted by molar-refractivity contribution is 5.94. The zero-order chi connectivity index (χ0) is 22.1. The molecule has 1 aromatic heterocycles. The zero-order valence-corrected chi connectivity index (χ0v) is 17.9. The van der Waals surface area contributed by atoms with Crippen LogP contribution in [0.2, 0.25) is 0 Å². The summed E-state index contributed by atoms with van der Waals surface area (Å²) in [6.45, 7) is 1.78. The van der Waals surface area contributed by atoms with Gasteiger partial charge in [-0.25, -0.2) is 8.78 Å². The largest absolute Gasteiger partial charge is 0.337 e. The van der Waals surface area contributed by atoms with Gasteiger partial charge in [0.05, 0.1) is 6.54 Å². The van der Waals surface area contributed by atoms with Gasteiger partial charge in [-0.15, -0.1) is 10.2 Å². The maximum atomic E-state index is 13.8. The summed E-state index contributed by atoms with van der Waals surface area (Å²) in [6, 6.07) is 13.5. The molecule has 1 aliphatic carbocycles. The molecule has 1 saturated carbocycles. The number of carbonyl (C=O) groups excluding carboxylic acids is 1. The lowest BCUT2D eigenvalue weighted by Crippen LogP contribution is -2.34. The van der Waals surface area contributed by atoms with Crippen LogP contribution in [0, 0.1) is 17.0 Å². The van der Waals surface area contributed by atoms with E-state index < -0.39 is 11.6 Å². The topological polar surface area (TPSA) is 51.0 Å². The van der Waals surface area contributed by atoms with E-state index in [1.54, 1.807) is 11.2 Å². The number of benzene rings is 2. The van der Waals surface area contributed by atoms with Gasteiger partial charge in [0.25, 0.3) is 5.91 Å². The van der Waals surface area contributed by atoms with Gasteiger partial charge in [0, 0.05) is 24.6 Å². The van der Waals surface area contributed by atoms with Crippen LogP contribution in [0.4, 0.5) is 8.78 Å². The molecular weight excluding hydrogens is 410 g/mol. The van der Waals surface area contributed by atoms with E-state index in [2.05, 4.69) is 26.9 Å². The van der Waals surface area contributed by atoms with Crippen molar-refractivity contribution in [3.8, 4) is 0 Å². The molecule has 2 fully saturated rings. The SMILES string of the molecule is O=C(c1ccc(F)c(F)c1)N1CC(c2nncn2Cc2ccccc2)C2(CCCCC2)C1. The van der Waals surface area contributed by atoms with Gasteiger partial charge in [-0.3, -0.25) is 4.79 Å². The molecule has 32 heavy (non-hydrogen) atoms. The fraction of sp³-hybridized carbons (Fsp3) is 0.400. The Bertz CT molecular complexity index is 1110. The Morgan fingerprint density at radius 3 is 2.56 bits per heavy atom. The Labute approximate surface area is 186 Å². The zero-order valence-electron chi connectivity index (χ0n) is 17.9. The Balaban J connectivity index is 1.46. The second kappa shape index (κ2) is 8.45. The first-order valence-electron chi connectivity index (χ1n) is 11.2. The average Bonchev–Trinajstić information content (AvgIpc) is 3.41. The van der Waals surface area contributed by atoms with E-state index in [1.807, 2.05) is 18.2 Å². The summed E-state index contributed by atoms with van der Waals surface area (Å²) in [5, 5.41) is 8.71. The van der Waals surface area contributed by atoms with E-state index in [0.717, 1.165) is 43.6 Å². The minimum Gasteiger partial charge on any atom is -0.337 e. The number of carbonyl (C=O) groups is 1. The van der Waals surface area contributed by atoms with Crippen LogP contribution >= 0.6 is 0 Å². The van der Waals surface area contributed by atoms with Gasteiger partial charge in [-0.1, -0.05) is 49.6 Å². The summed E-state index contributed by atoms with van der Waals surface area (Å²) < 4.78 is 29.2. The third-order valence-corrected chi connectivity index (χ3v) is 7.10. The van der Waals surface area contributed by atoms with E-state index >= 15 is 0 Å². The van der Waals surface area contributed by atoms with Crippen LogP contribution in [0.5, 0.6) is 0 Å². The highest BCUT2D eigenvalue weighted by Gasteiger charge is 2.50. The molecular formula is C25H26F2N4O. The lowest BCUT2D eigenvalue weighted by molar-refractivity contribution is 0.0757. The first-order valence-corrected chi connectivity index (χ1v) is 11.2. The molecule has 2 aromatic carbocycles. The Kier molecular flexibility index (Phi) is 5.49. The minimum absolute atomic E-state index is 0.0586. The van der Waals surface area contributed by atoms with Crippen molar-refractivity contribution in [3.05, 3.63) is 83.4 Å². The van der Waals surface area contributed by atoms with Gasteiger partial charge in [0.15, 0.2) is 11.6 Å². The van der Waals surface area contributed by atoms with Crippen LogP contribution in [-0.4, -0.2) is 38.7 Å². The summed E-state index contributed by atoms with van der Waals surface area (Å²) in [7, 11) is 0. The maximum Gasteiger partial charge on any atom is 0.254 e. The molecule has 5 rings (SSSR count). The summed E-state index contributed by atoms with van der Waals surface area (Å²) >= 11 is 0. The van der Waals surface area contributed by atoms with Crippen molar-refractivity contribution in [1.29, 1.82) is 0 Å². The van der Waals surface area contributed by atoms with Crippen LogP contribution < -0.4 is 0 Å². The molecule has 5 nitrogen and oxygen atoms in total. The van der Waals surface area contributed by atoms with Crippen molar-refractivity contribution in [2.45, 2.75) is 44.6 Å². The van der Waals surface area contributed by atoms with Crippen LogP contribution in [0.25, 0.3) is 0 Å². The second-order valence-corrected chi connectivity index (χ2v) is 9.09. The highest BCUT2D eigenvalue weighted by atomic mass is 19.2. The molecule has 1 atom stereocenters. The standard InChI is InChI=1S/C25H26F2N4O/c26-21-10-9-19(13-22(21)27)24(32)30-15-20(25(16-30)11-5-2-6-12-25)23-29-28-17-31(23)14-18-7-3-1-4-8-18/h1,3-4,7-10,13,17,20H,2,5-6,11-12,14-16H2. The van der Waals surface area contributed by atoms with E-state index in [-0.39, 0.29) is 22.8 Å². The molecule has 2 heterocycles. The molecule has 1 saturated heterocycles. The molecule has 1 spiro atoms. The van der Waals surface area contributed by atoms with Crippen LogP contribution in [0.15, 0.2) is 54.9 Å². The predicted molar refractivity (Wildman–Crippen MR) is 116 cm³/mol. The third kappa shape index (κ3) is 3.80. The highest BCUT2D eigenvalue weighted by Crippen LogP contribution is 2.51. The van der Waals surface area contributed by atoms with Gasteiger partial charge >= 0.3 is 0 Å². The molecule has 166 valence electrons. The number of halogens is 2. The van der Waals surface area contributed by atoms with Gasteiger partial charge in [0.2, 0.25) is 0 Å². The van der Waals surface area contributed by atoms with E-state index in [4.69, 9.17) is 0 Å². The number of hydrogen-bond donors (Lipinski definition) is 0. The predicted octanol–water partition coefficient (Wildman–Crippen LogP) is 4.79. The minimum atomic E-state index is -0.999. The van der Waals surface area contributed by atoms with Crippen LogP contribution in [-0.2, 0) is 6.54 Å². The quantitative estimate of drug-likeness (QED) is 0.591. The van der Waals surface area contributed by atoms with E-state index in [0.29, 0.717) is 19.6 Å². The maximum absolute atomic E-state index is 13.8. The van der Waals surface area contributed by atoms with Gasteiger partial charge in [-0.05, 0) is 42.0 Å². The number of aromatic nitrogens is 3. The average molecular weight is 437 g/mol. The molecule has 3 aromatic rings. The molecule has 1 unspecified atom stereocenters. The molecule has 0 radical (unpaired) electrons. The Hall–Kier alpha value is -3.09. The molecule has 0 bridgehead atoms. The van der Waals surface area contributed by atoms with Crippen molar-refractivity contribution in [1.82, 2.24) is 19.7 Å². The van der Waals surface area contributed by atoms with Crippen LogP contribution in [0.1, 0.15) is 59.8 Å². The fourth-order valence-corrected chi connectivity index (χ4v) is 5.49. The summed E-state index contributed by atoms with van der Waals surface area (Å²) in [5.41, 5.74) is 1.29. The molecule has 1 amide bonds. The van der Waals surface area contributed by atoms with Crippen molar-refractivity contribution in [2.24, 2.45) is 5.41 Å². The van der Waals surface area contributed by atoms with Gasteiger partial charge in [-0.2, -0.15) is 0 Å². The number of likely N-dealkylation sites (tertiary alicyclic amines) is 1. The summed E-state index contributed by atoms with van der Waals surface area (Å²) in [6.07, 6.45) is 7.25. The molecule has 0 N–H and O–H groups in total. The Morgan fingerprint density at radius 2 is 1.81 bits per heavy atom. The van der Waals surface area contributed by atoms with Crippen molar-refractivity contribution < 1.29 is 13.6 Å². The van der Waals surface area contributed by atoms with Crippen molar-refractivity contribution in [3.63, 3.8) is 0 Å². The van der Waals surface area contributed by atoms with Crippen LogP contribution in [0.3, 0.4) is 0 Å². The molecule has 1 aliphatic heterocycles. The normalized spacial score (nSPS) is 20.1. The number of hydrogen-bond acceptors (Lipinski definition) is 3. The van der Waals surface area contributed by atoms with Gasteiger partial charge in [0.1, 0.15) is 12.2 Å². The van der Waals surface area contributed by atoms with Crippen molar-refractivity contribution >= 4 is 5.91 Å². The number of nitrogens with zero attached hydrogens (tertiary/aromatic N) is 4.